The van der Waals surface area contributed by atoms with Crippen molar-refractivity contribution in [2.75, 3.05) is 4.90 Å². The molecular weight excluding hydrogens is 615 g/mol. The van der Waals surface area contributed by atoms with E-state index in [2.05, 4.69) is 175 Å². The maximum absolute atomic E-state index is 6.40. The lowest BCUT2D eigenvalue weighted by Gasteiger charge is -2.28. The highest BCUT2D eigenvalue weighted by Gasteiger charge is 2.22. The SMILES string of the molecule is c1ccc(N(c2ccc(-c3cccc4sc5ccccc5c34)cc2)c2cccc3oc4ccccc4c23)c(-c2ccc3ccccc3c2)c1. The number of benzene rings is 8. The Hall–Kier alpha value is -6.16. The zero-order valence-electron chi connectivity index (χ0n) is 26.5. The number of anilines is 3. The summed E-state index contributed by atoms with van der Waals surface area (Å²) in [6, 6.07) is 63.2. The minimum atomic E-state index is 0.875. The molecule has 0 saturated carbocycles. The van der Waals surface area contributed by atoms with E-state index in [1.165, 1.54) is 47.6 Å². The second-order valence-corrected chi connectivity index (χ2v) is 13.6. The predicted octanol–water partition coefficient (Wildman–Crippen LogP) is 13.9. The molecule has 2 nitrogen and oxygen atoms in total. The van der Waals surface area contributed by atoms with Gasteiger partial charge in [-0.15, -0.1) is 11.3 Å². The largest absolute Gasteiger partial charge is 0.456 e. The molecule has 0 unspecified atom stereocenters. The van der Waals surface area contributed by atoms with Gasteiger partial charge in [0.1, 0.15) is 11.2 Å². The van der Waals surface area contributed by atoms with Crippen LogP contribution in [0.25, 0.3) is 75.1 Å². The van der Waals surface area contributed by atoms with Crippen LogP contribution in [-0.4, -0.2) is 0 Å². The van der Waals surface area contributed by atoms with Crippen molar-refractivity contribution >= 4 is 81.3 Å². The molecule has 10 aromatic rings. The van der Waals surface area contributed by atoms with E-state index in [4.69, 9.17) is 4.42 Å². The van der Waals surface area contributed by atoms with Crippen LogP contribution in [0.15, 0.2) is 180 Å². The fraction of sp³-hybridized carbons (Fsp3) is 0. The fourth-order valence-electron chi connectivity index (χ4n) is 7.43. The third-order valence-electron chi connectivity index (χ3n) is 9.67. The Kier molecular flexibility index (Phi) is 6.39. The van der Waals surface area contributed by atoms with E-state index < -0.39 is 0 Å². The van der Waals surface area contributed by atoms with E-state index in [0.29, 0.717) is 0 Å². The predicted molar refractivity (Wildman–Crippen MR) is 210 cm³/mol. The molecule has 0 fully saturated rings. The number of thiophene rings is 1. The van der Waals surface area contributed by atoms with Crippen molar-refractivity contribution in [1.82, 2.24) is 0 Å². The van der Waals surface area contributed by atoms with Gasteiger partial charge in [0, 0.05) is 36.8 Å². The lowest BCUT2D eigenvalue weighted by Crippen LogP contribution is -2.11. The smallest absolute Gasteiger partial charge is 0.137 e. The molecule has 0 bridgehead atoms. The third-order valence-corrected chi connectivity index (χ3v) is 10.8. The van der Waals surface area contributed by atoms with Crippen molar-refractivity contribution in [3.05, 3.63) is 176 Å². The number of para-hydroxylation sites is 2. The average molecular weight is 644 g/mol. The zero-order chi connectivity index (χ0) is 32.3. The van der Waals surface area contributed by atoms with Crippen LogP contribution in [0.5, 0.6) is 0 Å². The van der Waals surface area contributed by atoms with Gasteiger partial charge >= 0.3 is 0 Å². The van der Waals surface area contributed by atoms with E-state index in [1.807, 2.05) is 17.4 Å². The summed E-state index contributed by atoms with van der Waals surface area (Å²) in [5.41, 5.74) is 9.83. The monoisotopic (exact) mass is 643 g/mol. The van der Waals surface area contributed by atoms with E-state index in [1.54, 1.807) is 0 Å². The maximum atomic E-state index is 6.40. The van der Waals surface area contributed by atoms with E-state index in [9.17, 15) is 0 Å². The number of hydrogen-bond acceptors (Lipinski definition) is 3. The summed E-state index contributed by atoms with van der Waals surface area (Å²) in [5, 5.41) is 7.30. The molecule has 0 spiro atoms. The molecule has 8 aromatic carbocycles. The summed E-state index contributed by atoms with van der Waals surface area (Å²) in [5.74, 6) is 0. The highest BCUT2D eigenvalue weighted by molar-refractivity contribution is 7.25. The van der Waals surface area contributed by atoms with Gasteiger partial charge in [-0.2, -0.15) is 0 Å². The Morgan fingerprint density at radius 2 is 1.06 bits per heavy atom. The first kappa shape index (κ1) is 27.9. The van der Waals surface area contributed by atoms with Crippen LogP contribution in [-0.2, 0) is 0 Å². The molecule has 2 aromatic heterocycles. The average Bonchev–Trinajstić information content (AvgIpc) is 3.74. The first-order valence-electron chi connectivity index (χ1n) is 16.6. The van der Waals surface area contributed by atoms with E-state index >= 15 is 0 Å². The molecule has 0 atom stereocenters. The summed E-state index contributed by atoms with van der Waals surface area (Å²) < 4.78 is 9.03. The Morgan fingerprint density at radius 3 is 1.98 bits per heavy atom. The van der Waals surface area contributed by atoms with Crippen molar-refractivity contribution in [1.29, 1.82) is 0 Å². The number of furan rings is 1. The van der Waals surface area contributed by atoms with Crippen LogP contribution >= 0.6 is 11.3 Å². The van der Waals surface area contributed by atoms with Gasteiger partial charge < -0.3 is 9.32 Å². The van der Waals surface area contributed by atoms with Gasteiger partial charge in [0.25, 0.3) is 0 Å². The van der Waals surface area contributed by atoms with Crippen LogP contribution in [0.2, 0.25) is 0 Å². The molecule has 10 rings (SSSR count). The minimum absolute atomic E-state index is 0.875. The minimum Gasteiger partial charge on any atom is -0.456 e. The molecule has 49 heavy (non-hydrogen) atoms. The van der Waals surface area contributed by atoms with Crippen molar-refractivity contribution in [2.24, 2.45) is 0 Å². The molecule has 0 aliphatic carbocycles. The lowest BCUT2D eigenvalue weighted by atomic mass is 9.97. The molecule has 0 amide bonds. The first-order chi connectivity index (χ1) is 24.3. The van der Waals surface area contributed by atoms with Gasteiger partial charge in [-0.1, -0.05) is 121 Å². The van der Waals surface area contributed by atoms with E-state index in [-0.39, 0.29) is 0 Å². The molecule has 0 aliphatic heterocycles. The van der Waals surface area contributed by atoms with Gasteiger partial charge in [0.05, 0.1) is 16.8 Å². The third kappa shape index (κ3) is 4.55. The van der Waals surface area contributed by atoms with Crippen LogP contribution in [0, 0.1) is 0 Å². The quantitative estimate of drug-likeness (QED) is 0.186. The Labute approximate surface area is 287 Å². The number of nitrogens with zero attached hydrogens (tertiary/aromatic N) is 1. The molecule has 0 saturated heterocycles. The number of rotatable bonds is 5. The molecule has 230 valence electrons. The lowest BCUT2D eigenvalue weighted by molar-refractivity contribution is 0.669. The standard InChI is InChI=1S/C46H29NOS/c1-2-12-32-29-33(24-23-30(32)11-1)35-13-3-6-17-39(35)47(40-18-10-20-42-46(40)37-14-4-7-19-41(37)48-42)34-27-25-31(26-28-34)36-16-9-22-44-45(36)38-15-5-8-21-43(38)49-44/h1-29H. The number of fused-ring (bicyclic) bond motifs is 7. The molecule has 0 N–H and O–H groups in total. The second kappa shape index (κ2) is 11.2. The first-order valence-corrected chi connectivity index (χ1v) is 17.4. The van der Waals surface area contributed by atoms with Crippen LogP contribution in [0.4, 0.5) is 17.1 Å². The van der Waals surface area contributed by atoms with Crippen molar-refractivity contribution < 1.29 is 4.42 Å². The van der Waals surface area contributed by atoms with Crippen LogP contribution < -0.4 is 4.90 Å². The van der Waals surface area contributed by atoms with Crippen molar-refractivity contribution in [3.8, 4) is 22.3 Å². The summed E-state index contributed by atoms with van der Waals surface area (Å²) >= 11 is 1.86. The van der Waals surface area contributed by atoms with Gasteiger partial charge in [-0.25, -0.2) is 0 Å². The van der Waals surface area contributed by atoms with Crippen molar-refractivity contribution in [2.45, 2.75) is 0 Å². The molecule has 0 radical (unpaired) electrons. The molecule has 2 heterocycles. The molecule has 3 heteroatoms. The fourth-order valence-corrected chi connectivity index (χ4v) is 8.56. The van der Waals surface area contributed by atoms with Gasteiger partial charge in [0.15, 0.2) is 0 Å². The number of hydrogen-bond donors (Lipinski definition) is 0. The summed E-state index contributed by atoms with van der Waals surface area (Å²) in [7, 11) is 0. The second-order valence-electron chi connectivity index (χ2n) is 12.5. The Morgan fingerprint density at radius 1 is 0.408 bits per heavy atom. The summed E-state index contributed by atoms with van der Waals surface area (Å²) in [4.78, 5) is 2.40. The van der Waals surface area contributed by atoms with Crippen LogP contribution in [0.3, 0.4) is 0 Å². The van der Waals surface area contributed by atoms with E-state index in [0.717, 1.165) is 44.6 Å². The molecular formula is C46H29NOS. The highest BCUT2D eigenvalue weighted by atomic mass is 32.1. The zero-order valence-corrected chi connectivity index (χ0v) is 27.3. The Balaban J connectivity index is 1.20. The normalized spacial score (nSPS) is 11.7. The molecule has 0 aliphatic rings. The Bertz CT molecular complexity index is 2840. The van der Waals surface area contributed by atoms with Gasteiger partial charge in [-0.05, 0) is 82.1 Å². The topological polar surface area (TPSA) is 16.4 Å². The van der Waals surface area contributed by atoms with Crippen molar-refractivity contribution in [3.63, 3.8) is 0 Å². The maximum Gasteiger partial charge on any atom is 0.137 e. The highest BCUT2D eigenvalue weighted by Crippen LogP contribution is 2.47. The van der Waals surface area contributed by atoms with Gasteiger partial charge in [-0.3, -0.25) is 0 Å². The van der Waals surface area contributed by atoms with Crippen LogP contribution in [0.1, 0.15) is 0 Å². The van der Waals surface area contributed by atoms with Gasteiger partial charge in [0.2, 0.25) is 0 Å². The summed E-state index contributed by atoms with van der Waals surface area (Å²) in [6.45, 7) is 0. The summed E-state index contributed by atoms with van der Waals surface area (Å²) in [6.07, 6.45) is 0.